The highest BCUT2D eigenvalue weighted by molar-refractivity contribution is 8.00. The molecule has 0 aliphatic heterocycles. The third kappa shape index (κ3) is 4.63. The first kappa shape index (κ1) is 21.5. The molecule has 7 heteroatoms. The summed E-state index contributed by atoms with van der Waals surface area (Å²) in [5.41, 5.74) is 1.60. The van der Waals surface area contributed by atoms with Crippen LogP contribution in [-0.2, 0) is 11.3 Å². The van der Waals surface area contributed by atoms with Crippen molar-refractivity contribution in [3.8, 4) is 0 Å². The van der Waals surface area contributed by atoms with E-state index in [1.54, 1.807) is 24.3 Å². The molecule has 3 aromatic carbocycles. The van der Waals surface area contributed by atoms with E-state index in [1.165, 1.54) is 40.6 Å². The second-order valence-corrected chi connectivity index (χ2v) is 8.09. The lowest BCUT2D eigenvalue weighted by Crippen LogP contribution is -2.25. The van der Waals surface area contributed by atoms with E-state index in [0.29, 0.717) is 21.7 Å². The highest BCUT2D eigenvalue weighted by atomic mass is 32.2. The number of nitrogens with one attached hydrogen (secondary N) is 1. The van der Waals surface area contributed by atoms with Crippen LogP contribution in [0, 0.1) is 5.82 Å². The summed E-state index contributed by atoms with van der Waals surface area (Å²) in [6, 6.07) is 21.9. The topological polar surface area (TPSA) is 64.0 Å². The van der Waals surface area contributed by atoms with Gasteiger partial charge in [-0.05, 0) is 42.0 Å². The Bertz CT molecular complexity index is 1320. The predicted octanol–water partition coefficient (Wildman–Crippen LogP) is 5.19. The highest BCUT2D eigenvalue weighted by Gasteiger charge is 2.25. The Hall–Kier alpha value is -3.71. The van der Waals surface area contributed by atoms with E-state index < -0.39 is 5.25 Å². The van der Waals surface area contributed by atoms with Gasteiger partial charge in [-0.1, -0.05) is 60.3 Å². The second-order valence-electron chi connectivity index (χ2n) is 7.02. The van der Waals surface area contributed by atoms with Crippen LogP contribution in [0.15, 0.2) is 101 Å². The molecule has 4 rings (SSSR count). The van der Waals surface area contributed by atoms with Gasteiger partial charge in [-0.25, -0.2) is 9.37 Å². The Morgan fingerprint density at radius 2 is 1.75 bits per heavy atom. The fraction of sp³-hybridized carbons (Fsp3) is 0.0800. The van der Waals surface area contributed by atoms with Crippen molar-refractivity contribution in [2.24, 2.45) is 0 Å². The monoisotopic (exact) mass is 445 g/mol. The largest absolute Gasteiger partial charge is 0.325 e. The van der Waals surface area contributed by atoms with Crippen molar-refractivity contribution in [1.82, 2.24) is 9.55 Å². The summed E-state index contributed by atoms with van der Waals surface area (Å²) in [7, 11) is 0. The van der Waals surface area contributed by atoms with E-state index in [4.69, 9.17) is 0 Å². The Kier molecular flexibility index (Phi) is 6.47. The summed E-state index contributed by atoms with van der Waals surface area (Å²) in [4.78, 5) is 31.0. The molecule has 4 aromatic rings. The zero-order valence-corrected chi connectivity index (χ0v) is 17.9. The molecule has 0 aliphatic rings. The smallest absolute Gasteiger partial charge is 0.262 e. The molecule has 1 amide bonds. The van der Waals surface area contributed by atoms with Crippen LogP contribution in [0.25, 0.3) is 10.9 Å². The van der Waals surface area contributed by atoms with E-state index in [2.05, 4.69) is 16.9 Å². The van der Waals surface area contributed by atoms with Gasteiger partial charge in [-0.15, -0.1) is 6.58 Å². The van der Waals surface area contributed by atoms with Gasteiger partial charge in [-0.2, -0.15) is 0 Å². The number of nitrogens with zero attached hydrogens (tertiary/aromatic N) is 2. The molecule has 5 nitrogen and oxygen atoms in total. The van der Waals surface area contributed by atoms with E-state index in [1.807, 2.05) is 36.4 Å². The Morgan fingerprint density at radius 3 is 2.47 bits per heavy atom. The first-order valence-corrected chi connectivity index (χ1v) is 10.8. The zero-order valence-electron chi connectivity index (χ0n) is 17.1. The van der Waals surface area contributed by atoms with Crippen LogP contribution < -0.4 is 10.9 Å². The van der Waals surface area contributed by atoms with Crippen molar-refractivity contribution >= 4 is 34.3 Å². The molecule has 0 aliphatic carbocycles. The number of carbonyl (C=O) groups excluding carboxylic acids is 1. The average molecular weight is 446 g/mol. The maximum absolute atomic E-state index is 13.3. The molecule has 0 radical (unpaired) electrons. The number of carbonyl (C=O) groups is 1. The zero-order chi connectivity index (χ0) is 22.5. The Balaban J connectivity index is 1.76. The molecular weight excluding hydrogens is 425 g/mol. The minimum absolute atomic E-state index is 0.191. The number of hydrogen-bond acceptors (Lipinski definition) is 4. The third-order valence-electron chi connectivity index (χ3n) is 4.81. The standard InChI is InChI=1S/C25H20FN3O2S/c1-2-16-29-24(31)20-10-6-7-11-21(20)28-25(29)32-22(17-8-4-3-5-9-17)23(30)27-19-14-12-18(26)13-15-19/h2-15,22H,1,16H2,(H,27,30). The molecule has 0 bridgehead atoms. The SMILES string of the molecule is C=CCn1c(SC(C(=O)Nc2ccc(F)cc2)c2ccccc2)nc2ccccc2c1=O. The van der Waals surface area contributed by atoms with Gasteiger partial charge in [0.1, 0.15) is 11.1 Å². The van der Waals surface area contributed by atoms with Gasteiger partial charge in [0, 0.05) is 12.2 Å². The summed E-state index contributed by atoms with van der Waals surface area (Å²) in [5.74, 6) is -0.689. The summed E-state index contributed by atoms with van der Waals surface area (Å²) in [6.45, 7) is 4.01. The van der Waals surface area contributed by atoms with Crippen LogP contribution in [0.1, 0.15) is 10.8 Å². The quantitative estimate of drug-likeness (QED) is 0.241. The van der Waals surface area contributed by atoms with Gasteiger partial charge in [0.2, 0.25) is 5.91 Å². The summed E-state index contributed by atoms with van der Waals surface area (Å²) < 4.78 is 14.8. The molecule has 0 fully saturated rings. The number of allylic oxidation sites excluding steroid dienone is 1. The van der Waals surface area contributed by atoms with Gasteiger partial charge in [-0.3, -0.25) is 14.2 Å². The van der Waals surface area contributed by atoms with Crippen molar-refractivity contribution < 1.29 is 9.18 Å². The molecule has 1 unspecified atom stereocenters. The number of rotatable bonds is 7. The number of thioether (sulfide) groups is 1. The molecule has 1 atom stereocenters. The molecule has 0 saturated heterocycles. The van der Waals surface area contributed by atoms with Gasteiger partial charge < -0.3 is 5.32 Å². The van der Waals surface area contributed by atoms with E-state index in [0.717, 1.165) is 5.56 Å². The first-order chi connectivity index (χ1) is 15.6. The van der Waals surface area contributed by atoms with Gasteiger partial charge in [0.05, 0.1) is 10.9 Å². The van der Waals surface area contributed by atoms with E-state index in [-0.39, 0.29) is 23.8 Å². The second kappa shape index (κ2) is 9.62. The predicted molar refractivity (Wildman–Crippen MR) is 126 cm³/mol. The van der Waals surface area contributed by atoms with Gasteiger partial charge in [0.25, 0.3) is 5.56 Å². The lowest BCUT2D eigenvalue weighted by atomic mass is 10.1. The summed E-state index contributed by atoms with van der Waals surface area (Å²) in [5, 5.41) is 3.06. The molecule has 160 valence electrons. The number of anilines is 1. The summed E-state index contributed by atoms with van der Waals surface area (Å²) >= 11 is 1.19. The highest BCUT2D eigenvalue weighted by Crippen LogP contribution is 2.35. The normalized spacial score (nSPS) is 11.8. The van der Waals surface area contributed by atoms with Crippen LogP contribution >= 0.6 is 11.8 Å². The van der Waals surface area contributed by atoms with Crippen molar-refractivity contribution in [2.45, 2.75) is 17.0 Å². The molecule has 1 heterocycles. The fourth-order valence-corrected chi connectivity index (χ4v) is 4.38. The van der Waals surface area contributed by atoms with E-state index in [9.17, 15) is 14.0 Å². The average Bonchev–Trinajstić information content (AvgIpc) is 2.82. The molecule has 32 heavy (non-hydrogen) atoms. The molecular formula is C25H20FN3O2S. The van der Waals surface area contributed by atoms with Crippen molar-refractivity contribution in [3.05, 3.63) is 113 Å². The number of amides is 1. The van der Waals surface area contributed by atoms with Gasteiger partial charge in [0.15, 0.2) is 5.16 Å². The minimum Gasteiger partial charge on any atom is -0.325 e. The number of aromatic nitrogens is 2. The minimum atomic E-state index is -0.689. The summed E-state index contributed by atoms with van der Waals surface area (Å²) in [6.07, 6.45) is 1.62. The van der Waals surface area contributed by atoms with Crippen LogP contribution in [0.3, 0.4) is 0 Å². The van der Waals surface area contributed by atoms with Crippen molar-refractivity contribution in [1.29, 1.82) is 0 Å². The lowest BCUT2D eigenvalue weighted by molar-refractivity contribution is -0.115. The maximum Gasteiger partial charge on any atom is 0.262 e. The van der Waals surface area contributed by atoms with Gasteiger partial charge >= 0.3 is 0 Å². The Morgan fingerprint density at radius 1 is 1.06 bits per heavy atom. The Labute approximate surface area is 188 Å². The molecule has 1 aromatic heterocycles. The van der Waals surface area contributed by atoms with E-state index >= 15 is 0 Å². The number of para-hydroxylation sites is 1. The third-order valence-corrected chi connectivity index (χ3v) is 6.06. The van der Waals surface area contributed by atoms with Crippen LogP contribution in [0.2, 0.25) is 0 Å². The number of fused-ring (bicyclic) bond motifs is 1. The lowest BCUT2D eigenvalue weighted by Gasteiger charge is -2.19. The van der Waals surface area contributed by atoms with Crippen LogP contribution in [0.5, 0.6) is 0 Å². The first-order valence-electron chi connectivity index (χ1n) is 9.95. The van der Waals surface area contributed by atoms with Crippen molar-refractivity contribution in [2.75, 3.05) is 5.32 Å². The molecule has 0 saturated carbocycles. The number of hydrogen-bond donors (Lipinski definition) is 1. The number of halogens is 1. The fourth-order valence-electron chi connectivity index (χ4n) is 3.27. The van der Waals surface area contributed by atoms with Crippen LogP contribution in [0.4, 0.5) is 10.1 Å². The number of benzene rings is 3. The maximum atomic E-state index is 13.3. The van der Waals surface area contributed by atoms with Crippen molar-refractivity contribution in [3.63, 3.8) is 0 Å². The van der Waals surface area contributed by atoms with Crippen LogP contribution in [-0.4, -0.2) is 15.5 Å². The molecule has 1 N–H and O–H groups in total. The molecule has 0 spiro atoms.